The van der Waals surface area contributed by atoms with E-state index in [9.17, 15) is 0 Å². The molecule has 0 amide bonds. The van der Waals surface area contributed by atoms with Crippen LogP contribution in [0.1, 0.15) is 59.8 Å². The van der Waals surface area contributed by atoms with Gasteiger partial charge in [-0.2, -0.15) is 0 Å². The molecule has 0 aromatic carbocycles. The van der Waals surface area contributed by atoms with Crippen LogP contribution in [0.15, 0.2) is 0 Å². The van der Waals surface area contributed by atoms with Crippen LogP contribution in [0, 0.1) is 5.92 Å². The number of piperazine rings is 1. The zero-order chi connectivity index (χ0) is 14.6. The van der Waals surface area contributed by atoms with Crippen LogP contribution in [-0.2, 0) is 4.74 Å². The molecule has 0 saturated carbocycles. The van der Waals surface area contributed by atoms with E-state index in [0.717, 1.165) is 19.1 Å². The normalized spacial score (nSPS) is 35.9. The SMILES string of the molecule is CCC1(C)CN(CCC2CCCO2)C(CC(C)C)CN1. The van der Waals surface area contributed by atoms with Gasteiger partial charge in [-0.15, -0.1) is 0 Å². The molecule has 2 aliphatic rings. The largest absolute Gasteiger partial charge is 0.378 e. The van der Waals surface area contributed by atoms with Gasteiger partial charge in [0.05, 0.1) is 6.10 Å². The minimum atomic E-state index is 0.296. The molecule has 2 fully saturated rings. The second-order valence-corrected chi connectivity index (χ2v) is 7.47. The molecule has 3 nitrogen and oxygen atoms in total. The van der Waals surface area contributed by atoms with Crippen molar-refractivity contribution in [2.75, 3.05) is 26.2 Å². The lowest BCUT2D eigenvalue weighted by Crippen LogP contribution is -2.63. The molecule has 20 heavy (non-hydrogen) atoms. The molecule has 0 aromatic rings. The maximum Gasteiger partial charge on any atom is 0.0588 e. The molecule has 3 atom stereocenters. The highest BCUT2D eigenvalue weighted by Crippen LogP contribution is 2.24. The van der Waals surface area contributed by atoms with Crippen LogP contribution in [-0.4, -0.2) is 48.8 Å². The van der Waals surface area contributed by atoms with Gasteiger partial charge in [0.2, 0.25) is 0 Å². The van der Waals surface area contributed by atoms with Crippen LogP contribution in [0.5, 0.6) is 0 Å². The lowest BCUT2D eigenvalue weighted by Gasteiger charge is -2.47. The van der Waals surface area contributed by atoms with Gasteiger partial charge in [0.15, 0.2) is 0 Å². The van der Waals surface area contributed by atoms with Crippen LogP contribution in [0.25, 0.3) is 0 Å². The number of nitrogens with zero attached hydrogens (tertiary/aromatic N) is 1. The Morgan fingerprint density at radius 3 is 2.80 bits per heavy atom. The molecule has 2 saturated heterocycles. The van der Waals surface area contributed by atoms with E-state index in [4.69, 9.17) is 4.74 Å². The van der Waals surface area contributed by atoms with Crippen LogP contribution in [0.2, 0.25) is 0 Å². The van der Waals surface area contributed by atoms with Gasteiger partial charge >= 0.3 is 0 Å². The molecule has 2 heterocycles. The van der Waals surface area contributed by atoms with Gasteiger partial charge in [-0.05, 0) is 44.9 Å². The third kappa shape index (κ3) is 4.44. The molecule has 3 unspecified atom stereocenters. The first-order valence-electron chi connectivity index (χ1n) is 8.63. The Kier molecular flexibility index (Phi) is 5.88. The molecule has 2 rings (SSSR count). The minimum absolute atomic E-state index is 0.296. The van der Waals surface area contributed by atoms with E-state index in [1.54, 1.807) is 0 Å². The van der Waals surface area contributed by atoms with Crippen molar-refractivity contribution in [2.24, 2.45) is 5.92 Å². The highest BCUT2D eigenvalue weighted by atomic mass is 16.5. The Morgan fingerprint density at radius 1 is 1.40 bits per heavy atom. The molecule has 0 radical (unpaired) electrons. The summed E-state index contributed by atoms with van der Waals surface area (Å²) in [6.07, 6.45) is 6.78. The van der Waals surface area contributed by atoms with E-state index >= 15 is 0 Å². The number of hydrogen-bond acceptors (Lipinski definition) is 3. The third-order valence-electron chi connectivity index (χ3n) is 5.12. The molecule has 1 N–H and O–H groups in total. The highest BCUT2D eigenvalue weighted by molar-refractivity contribution is 4.94. The maximum atomic E-state index is 5.80. The van der Waals surface area contributed by atoms with Crippen molar-refractivity contribution in [3.05, 3.63) is 0 Å². The van der Waals surface area contributed by atoms with E-state index in [1.807, 2.05) is 0 Å². The van der Waals surface area contributed by atoms with E-state index in [0.29, 0.717) is 17.7 Å². The molecule has 0 aliphatic carbocycles. The molecule has 118 valence electrons. The number of rotatable bonds is 6. The predicted molar refractivity (Wildman–Crippen MR) is 85.1 cm³/mol. The van der Waals surface area contributed by atoms with E-state index in [2.05, 4.69) is 37.9 Å². The lowest BCUT2D eigenvalue weighted by atomic mass is 9.90. The smallest absolute Gasteiger partial charge is 0.0588 e. The predicted octanol–water partition coefficient (Wildman–Crippen LogP) is 3.04. The summed E-state index contributed by atoms with van der Waals surface area (Å²) in [4.78, 5) is 2.74. The second-order valence-electron chi connectivity index (χ2n) is 7.47. The standard InChI is InChI=1S/C17H34N2O/c1-5-17(4)13-19(9-8-16-7-6-10-20-16)15(12-18-17)11-14(2)3/h14-16,18H,5-13H2,1-4H3. The van der Waals surface area contributed by atoms with Crippen molar-refractivity contribution in [3.63, 3.8) is 0 Å². The zero-order valence-corrected chi connectivity index (χ0v) is 14.0. The van der Waals surface area contributed by atoms with E-state index < -0.39 is 0 Å². The zero-order valence-electron chi connectivity index (χ0n) is 14.0. The van der Waals surface area contributed by atoms with Crippen LogP contribution in [0.3, 0.4) is 0 Å². The Labute approximate surface area is 125 Å². The average molecular weight is 282 g/mol. The summed E-state index contributed by atoms with van der Waals surface area (Å²) < 4.78 is 5.80. The fraction of sp³-hybridized carbons (Fsp3) is 1.00. The summed E-state index contributed by atoms with van der Waals surface area (Å²) in [5.41, 5.74) is 0.296. The topological polar surface area (TPSA) is 24.5 Å². The van der Waals surface area contributed by atoms with Crippen molar-refractivity contribution in [1.82, 2.24) is 10.2 Å². The summed E-state index contributed by atoms with van der Waals surface area (Å²) in [7, 11) is 0. The highest BCUT2D eigenvalue weighted by Gasteiger charge is 2.34. The van der Waals surface area contributed by atoms with Gasteiger partial charge in [-0.1, -0.05) is 20.8 Å². The van der Waals surface area contributed by atoms with Crippen molar-refractivity contribution < 1.29 is 4.74 Å². The molecule has 0 spiro atoms. The monoisotopic (exact) mass is 282 g/mol. The summed E-state index contributed by atoms with van der Waals surface area (Å²) in [6, 6.07) is 0.705. The van der Waals surface area contributed by atoms with Crippen LogP contribution >= 0.6 is 0 Å². The van der Waals surface area contributed by atoms with Crippen LogP contribution < -0.4 is 5.32 Å². The summed E-state index contributed by atoms with van der Waals surface area (Å²) in [5, 5.41) is 3.79. The number of ether oxygens (including phenoxy) is 1. The first-order valence-corrected chi connectivity index (χ1v) is 8.63. The Morgan fingerprint density at radius 2 is 2.20 bits per heavy atom. The second kappa shape index (κ2) is 7.24. The van der Waals surface area contributed by atoms with Gasteiger partial charge in [-0.3, -0.25) is 4.90 Å². The number of nitrogens with one attached hydrogen (secondary N) is 1. The maximum absolute atomic E-state index is 5.80. The van der Waals surface area contributed by atoms with Crippen molar-refractivity contribution in [2.45, 2.75) is 77.5 Å². The van der Waals surface area contributed by atoms with E-state index in [-0.39, 0.29) is 0 Å². The molecule has 3 heteroatoms. The van der Waals surface area contributed by atoms with Gasteiger partial charge < -0.3 is 10.1 Å². The van der Waals surface area contributed by atoms with Gasteiger partial charge in [0.1, 0.15) is 0 Å². The first kappa shape index (κ1) is 16.3. The van der Waals surface area contributed by atoms with Crippen molar-refractivity contribution in [3.8, 4) is 0 Å². The first-order chi connectivity index (χ1) is 9.52. The Bertz CT molecular complexity index is 289. The molecule has 0 bridgehead atoms. The molecule has 2 aliphatic heterocycles. The van der Waals surface area contributed by atoms with E-state index in [1.165, 1.54) is 45.2 Å². The van der Waals surface area contributed by atoms with Crippen LogP contribution in [0.4, 0.5) is 0 Å². The Balaban J connectivity index is 1.90. The van der Waals surface area contributed by atoms with Crippen molar-refractivity contribution >= 4 is 0 Å². The summed E-state index contributed by atoms with van der Waals surface area (Å²) >= 11 is 0. The average Bonchev–Trinajstić information content (AvgIpc) is 2.92. The fourth-order valence-electron chi connectivity index (χ4n) is 3.58. The third-order valence-corrected chi connectivity index (χ3v) is 5.12. The molecular formula is C17H34N2O. The van der Waals surface area contributed by atoms with Gasteiger partial charge in [0, 0.05) is 37.8 Å². The quantitative estimate of drug-likeness (QED) is 0.810. The summed E-state index contributed by atoms with van der Waals surface area (Å²) in [5.74, 6) is 0.776. The Hall–Kier alpha value is -0.120. The van der Waals surface area contributed by atoms with Crippen molar-refractivity contribution in [1.29, 1.82) is 0 Å². The van der Waals surface area contributed by atoms with Gasteiger partial charge in [0.25, 0.3) is 0 Å². The molecule has 0 aromatic heterocycles. The fourth-order valence-corrected chi connectivity index (χ4v) is 3.58. The summed E-state index contributed by atoms with van der Waals surface area (Å²) in [6.45, 7) is 13.9. The van der Waals surface area contributed by atoms with Gasteiger partial charge in [-0.25, -0.2) is 0 Å². The number of hydrogen-bond donors (Lipinski definition) is 1. The lowest BCUT2D eigenvalue weighted by molar-refractivity contribution is 0.0459. The molecular weight excluding hydrogens is 248 g/mol. The minimum Gasteiger partial charge on any atom is -0.378 e.